The van der Waals surface area contributed by atoms with E-state index in [0.717, 1.165) is 25.0 Å². The molecule has 0 heterocycles. The Kier molecular flexibility index (Phi) is 9.01. The zero-order valence-corrected chi connectivity index (χ0v) is 17.7. The Hall–Kier alpha value is -2.92. The Morgan fingerprint density at radius 3 is 2.16 bits per heavy atom. The van der Waals surface area contributed by atoms with Crippen LogP contribution in [0.4, 0.5) is 8.78 Å². The van der Waals surface area contributed by atoms with Crippen molar-refractivity contribution in [1.29, 1.82) is 0 Å². The zero-order valence-electron chi connectivity index (χ0n) is 16.9. The fraction of sp³-hybridized carbons (Fsp3) is 0.350. The first-order valence-electron chi connectivity index (χ1n) is 9.34. The lowest BCUT2D eigenvalue weighted by atomic mass is 10.2. The van der Waals surface area contributed by atoms with E-state index in [1.807, 2.05) is 0 Å². The van der Waals surface area contributed by atoms with Crippen LogP contribution in [0.25, 0.3) is 0 Å². The first-order valence-corrected chi connectivity index (χ1v) is 10.9. The molecule has 0 saturated heterocycles. The number of halogens is 2. The lowest BCUT2D eigenvalue weighted by Gasteiger charge is -2.11. The van der Waals surface area contributed by atoms with Crippen LogP contribution in [0.2, 0.25) is 0 Å². The Labute approximate surface area is 179 Å². The summed E-state index contributed by atoms with van der Waals surface area (Å²) in [7, 11) is -2.87. The van der Waals surface area contributed by atoms with Gasteiger partial charge in [0.05, 0.1) is 20.3 Å². The summed E-state index contributed by atoms with van der Waals surface area (Å²) >= 11 is 0. The molecule has 0 saturated carbocycles. The van der Waals surface area contributed by atoms with Crippen molar-refractivity contribution >= 4 is 16.0 Å². The third-order valence-corrected chi connectivity index (χ3v) is 4.53. The van der Waals surface area contributed by atoms with E-state index >= 15 is 0 Å². The van der Waals surface area contributed by atoms with E-state index < -0.39 is 27.6 Å². The van der Waals surface area contributed by atoms with Gasteiger partial charge in [-0.15, -0.1) is 0 Å². The normalized spacial score (nSPS) is 11.9. The number of nitrogens with zero attached hydrogens (tertiary/aromatic N) is 1. The van der Waals surface area contributed by atoms with E-state index in [0.29, 0.717) is 30.9 Å². The predicted molar refractivity (Wildman–Crippen MR) is 111 cm³/mol. The van der Waals surface area contributed by atoms with Crippen molar-refractivity contribution in [2.24, 2.45) is 10.7 Å². The number of benzene rings is 2. The van der Waals surface area contributed by atoms with Crippen molar-refractivity contribution in [3.8, 4) is 17.2 Å². The van der Waals surface area contributed by atoms with Gasteiger partial charge in [0.1, 0.15) is 11.6 Å². The van der Waals surface area contributed by atoms with Crippen LogP contribution in [-0.4, -0.2) is 45.0 Å². The molecule has 2 aromatic rings. The summed E-state index contributed by atoms with van der Waals surface area (Å²) in [5.41, 5.74) is 6.17. The maximum atomic E-state index is 13.3. The van der Waals surface area contributed by atoms with Gasteiger partial charge < -0.3 is 19.9 Å². The van der Waals surface area contributed by atoms with E-state index in [4.69, 9.17) is 24.5 Å². The van der Waals surface area contributed by atoms with Crippen LogP contribution in [0.15, 0.2) is 41.4 Å². The van der Waals surface area contributed by atoms with Crippen molar-refractivity contribution in [2.45, 2.75) is 19.3 Å². The fourth-order valence-corrected chi connectivity index (χ4v) is 2.80. The summed E-state index contributed by atoms with van der Waals surface area (Å²) in [6.45, 7) is 0.776. The highest BCUT2D eigenvalue weighted by molar-refractivity contribution is 7.85. The second-order valence-electron chi connectivity index (χ2n) is 6.45. The average Bonchev–Trinajstić information content (AvgIpc) is 2.73. The molecule has 0 bridgehead atoms. The highest BCUT2D eigenvalue weighted by Crippen LogP contribution is 2.29. The molecule has 0 amide bonds. The number of unbranched alkanes of at least 4 members (excludes halogenated alkanes) is 2. The third kappa shape index (κ3) is 8.38. The standard InChI is InChI=1S/C20H24F2N2O6S/c1-28-18-11-16(21)17(22)12-19(18)30-10-4-2-3-9-29-15-7-5-14(6-8-15)20(23)24-13-31(25,26)27/h5-8,11-12H,2-4,9-10,13H2,1H3,(H2,23,24)(H,25,26,27). The predicted octanol–water partition coefficient (Wildman–Crippen LogP) is 3.15. The third-order valence-electron chi connectivity index (χ3n) is 4.07. The summed E-state index contributed by atoms with van der Waals surface area (Å²) in [4.78, 5) is 3.60. The molecule has 0 unspecified atom stereocenters. The molecule has 31 heavy (non-hydrogen) atoms. The SMILES string of the molecule is COc1cc(F)c(F)cc1OCCCCCOc1ccc(C(N)=NCS(=O)(=O)O)cc1. The molecule has 0 radical (unpaired) electrons. The van der Waals surface area contributed by atoms with E-state index in [-0.39, 0.29) is 17.3 Å². The zero-order chi connectivity index (χ0) is 22.9. The molecule has 170 valence electrons. The average molecular weight is 458 g/mol. The van der Waals surface area contributed by atoms with Gasteiger partial charge in [-0.05, 0) is 43.5 Å². The molecule has 2 aromatic carbocycles. The molecule has 0 aliphatic carbocycles. The highest BCUT2D eigenvalue weighted by Gasteiger charge is 2.11. The Morgan fingerprint density at radius 1 is 1.00 bits per heavy atom. The number of hydrogen-bond acceptors (Lipinski definition) is 6. The van der Waals surface area contributed by atoms with E-state index in [1.54, 1.807) is 24.3 Å². The minimum Gasteiger partial charge on any atom is -0.494 e. The second kappa shape index (κ2) is 11.5. The molecule has 2 rings (SSSR count). The largest absolute Gasteiger partial charge is 0.494 e. The quantitative estimate of drug-likeness (QED) is 0.217. The summed E-state index contributed by atoms with van der Waals surface area (Å²) in [6, 6.07) is 8.49. The van der Waals surface area contributed by atoms with Crippen LogP contribution in [0, 0.1) is 11.6 Å². The molecule has 3 N–H and O–H groups in total. The van der Waals surface area contributed by atoms with E-state index in [2.05, 4.69) is 4.99 Å². The number of nitrogens with two attached hydrogens (primary N) is 1. The van der Waals surface area contributed by atoms with Crippen molar-refractivity contribution in [2.75, 3.05) is 26.2 Å². The van der Waals surface area contributed by atoms with E-state index in [9.17, 15) is 17.2 Å². The van der Waals surface area contributed by atoms with Gasteiger partial charge in [0.25, 0.3) is 10.1 Å². The van der Waals surface area contributed by atoms with Crippen LogP contribution < -0.4 is 19.9 Å². The smallest absolute Gasteiger partial charge is 0.285 e. The lowest BCUT2D eigenvalue weighted by Crippen LogP contribution is -2.16. The summed E-state index contributed by atoms with van der Waals surface area (Å²) in [5, 5.41) is 0. The molecule has 0 atom stereocenters. The molecule has 8 nitrogen and oxygen atoms in total. The summed E-state index contributed by atoms with van der Waals surface area (Å²) < 4.78 is 72.6. The van der Waals surface area contributed by atoms with Gasteiger partial charge in [-0.1, -0.05) is 0 Å². The Morgan fingerprint density at radius 2 is 1.58 bits per heavy atom. The van der Waals surface area contributed by atoms with Crippen LogP contribution >= 0.6 is 0 Å². The van der Waals surface area contributed by atoms with Gasteiger partial charge >= 0.3 is 0 Å². The molecule has 0 aliphatic rings. The number of amidine groups is 1. The van der Waals surface area contributed by atoms with Crippen LogP contribution in [0.5, 0.6) is 17.2 Å². The van der Waals surface area contributed by atoms with Gasteiger partial charge in [-0.25, -0.2) is 13.8 Å². The number of rotatable bonds is 12. The fourth-order valence-electron chi connectivity index (χ4n) is 2.50. The number of aliphatic imine (C=N–C) groups is 1. The second-order valence-corrected chi connectivity index (χ2v) is 7.88. The van der Waals surface area contributed by atoms with Crippen LogP contribution in [-0.2, 0) is 10.1 Å². The van der Waals surface area contributed by atoms with Gasteiger partial charge in [-0.2, -0.15) is 8.42 Å². The number of methoxy groups -OCH3 is 1. The molecular formula is C20H24F2N2O6S. The highest BCUT2D eigenvalue weighted by atomic mass is 32.2. The number of ether oxygens (including phenoxy) is 3. The van der Waals surface area contributed by atoms with E-state index in [1.165, 1.54) is 7.11 Å². The van der Waals surface area contributed by atoms with Gasteiger partial charge in [0.15, 0.2) is 29.0 Å². The molecule has 11 heteroatoms. The minimum atomic E-state index is -4.22. The molecule has 0 fully saturated rings. The number of hydrogen-bond donors (Lipinski definition) is 2. The first-order chi connectivity index (χ1) is 14.7. The van der Waals surface area contributed by atoms with Gasteiger partial charge in [0.2, 0.25) is 0 Å². The Balaban J connectivity index is 1.69. The molecule has 0 aliphatic heterocycles. The Bertz CT molecular complexity index is 997. The van der Waals surface area contributed by atoms with Gasteiger partial charge in [0, 0.05) is 17.7 Å². The van der Waals surface area contributed by atoms with Crippen LogP contribution in [0.3, 0.4) is 0 Å². The first kappa shape index (κ1) is 24.4. The molecule has 0 aromatic heterocycles. The maximum Gasteiger partial charge on any atom is 0.285 e. The van der Waals surface area contributed by atoms with Gasteiger partial charge in [-0.3, -0.25) is 4.55 Å². The monoisotopic (exact) mass is 458 g/mol. The maximum absolute atomic E-state index is 13.3. The van der Waals surface area contributed by atoms with Crippen LogP contribution in [0.1, 0.15) is 24.8 Å². The van der Waals surface area contributed by atoms with Crippen molar-refractivity contribution < 1.29 is 36.0 Å². The minimum absolute atomic E-state index is 0.0122. The van der Waals surface area contributed by atoms with Crippen molar-refractivity contribution in [1.82, 2.24) is 0 Å². The lowest BCUT2D eigenvalue weighted by molar-refractivity contribution is 0.268. The summed E-state index contributed by atoms with van der Waals surface area (Å²) in [5.74, 6) is -1.92. The van der Waals surface area contributed by atoms with Crippen molar-refractivity contribution in [3.05, 3.63) is 53.6 Å². The topological polar surface area (TPSA) is 120 Å². The molecular weight excluding hydrogens is 434 g/mol. The summed E-state index contributed by atoms with van der Waals surface area (Å²) in [6.07, 6.45) is 2.22. The molecule has 0 spiro atoms. The van der Waals surface area contributed by atoms with Crippen molar-refractivity contribution in [3.63, 3.8) is 0 Å².